The van der Waals surface area contributed by atoms with Gasteiger partial charge in [-0.1, -0.05) is 80.4 Å². The van der Waals surface area contributed by atoms with Crippen molar-refractivity contribution in [3.8, 4) is 0 Å². The molecule has 0 unspecified atom stereocenters. The Kier molecular flexibility index (Phi) is 8.46. The van der Waals surface area contributed by atoms with Gasteiger partial charge in [0.25, 0.3) is 0 Å². The molecule has 33 heavy (non-hydrogen) atoms. The van der Waals surface area contributed by atoms with Crippen molar-refractivity contribution in [1.29, 1.82) is 0 Å². The van der Waals surface area contributed by atoms with E-state index in [4.69, 9.17) is 9.05 Å². The molecule has 1 aliphatic heterocycles. The number of amides is 3. The fraction of sp³-hybridized carbons (Fsp3) is 0.440. The molecule has 1 aliphatic rings. The van der Waals surface area contributed by atoms with Crippen LogP contribution in [0.4, 0.5) is 4.79 Å². The number of rotatable bonds is 11. The lowest BCUT2D eigenvalue weighted by atomic mass is 9.76. The van der Waals surface area contributed by atoms with Gasteiger partial charge in [-0.05, 0) is 31.4 Å². The number of benzene rings is 2. The van der Waals surface area contributed by atoms with Gasteiger partial charge in [0.15, 0.2) is 0 Å². The Balaban J connectivity index is 2.11. The van der Waals surface area contributed by atoms with Gasteiger partial charge in [-0.25, -0.2) is 4.79 Å². The third kappa shape index (κ3) is 5.37. The SMILES string of the molecule is CCCC[C@@]1(c2ccccc2)NC(=O)N(C(=O)CP(=O)(OCC)OCC)[C@H]1c1ccccc1. The molecule has 7 nitrogen and oxygen atoms in total. The molecule has 0 aromatic heterocycles. The van der Waals surface area contributed by atoms with E-state index in [0.29, 0.717) is 6.42 Å². The molecule has 2 atom stereocenters. The lowest BCUT2D eigenvalue weighted by Crippen LogP contribution is -2.43. The standard InChI is InChI=1S/C25H33N2O5P/c1-4-7-18-25(21-16-12-9-13-17-21)23(20-14-10-8-11-15-20)27(24(29)26-25)22(28)19-33(30,31-5-2)32-6-3/h8-17,23H,4-7,18-19H2,1-3H3,(H,26,29)/t23-,25-/m0/s1. The Morgan fingerprint density at radius 1 is 1.00 bits per heavy atom. The van der Waals surface area contributed by atoms with Crippen molar-refractivity contribution >= 4 is 19.5 Å². The van der Waals surface area contributed by atoms with Crippen LogP contribution in [-0.4, -0.2) is 36.2 Å². The number of urea groups is 1. The number of imide groups is 1. The van der Waals surface area contributed by atoms with Crippen LogP contribution in [0.2, 0.25) is 0 Å². The Bertz CT molecular complexity index is 975. The number of nitrogens with one attached hydrogen (secondary N) is 1. The number of carbonyl (C=O) groups is 2. The maximum atomic E-state index is 13.5. The van der Waals surface area contributed by atoms with Crippen molar-refractivity contribution in [2.24, 2.45) is 0 Å². The summed E-state index contributed by atoms with van der Waals surface area (Å²) < 4.78 is 23.8. The molecule has 1 heterocycles. The maximum absolute atomic E-state index is 13.5. The summed E-state index contributed by atoms with van der Waals surface area (Å²) in [7, 11) is -3.68. The molecule has 0 radical (unpaired) electrons. The highest BCUT2D eigenvalue weighted by Gasteiger charge is 2.55. The van der Waals surface area contributed by atoms with Crippen LogP contribution in [0, 0.1) is 0 Å². The van der Waals surface area contributed by atoms with Gasteiger partial charge in [0.05, 0.1) is 24.8 Å². The van der Waals surface area contributed by atoms with Crippen molar-refractivity contribution in [3.05, 3.63) is 71.8 Å². The predicted octanol–water partition coefficient (Wildman–Crippen LogP) is 5.63. The molecule has 2 aromatic carbocycles. The third-order valence-corrected chi connectivity index (χ3v) is 7.81. The highest BCUT2D eigenvalue weighted by molar-refractivity contribution is 7.54. The van der Waals surface area contributed by atoms with Crippen molar-refractivity contribution in [2.45, 2.75) is 51.6 Å². The van der Waals surface area contributed by atoms with E-state index in [2.05, 4.69) is 12.2 Å². The quantitative estimate of drug-likeness (QED) is 0.429. The Morgan fingerprint density at radius 3 is 2.12 bits per heavy atom. The van der Waals surface area contributed by atoms with E-state index in [1.807, 2.05) is 60.7 Å². The van der Waals surface area contributed by atoms with Crippen LogP contribution in [0.1, 0.15) is 57.2 Å². The van der Waals surface area contributed by atoms with Crippen molar-refractivity contribution < 1.29 is 23.2 Å². The number of unbranched alkanes of at least 4 members (excludes halogenated alkanes) is 1. The number of carbonyl (C=O) groups excluding carboxylic acids is 2. The third-order valence-electron chi connectivity index (χ3n) is 5.85. The lowest BCUT2D eigenvalue weighted by molar-refractivity contribution is -0.127. The molecule has 0 aliphatic carbocycles. The maximum Gasteiger partial charge on any atom is 0.340 e. The summed E-state index contributed by atoms with van der Waals surface area (Å²) in [6, 6.07) is 18.1. The van der Waals surface area contributed by atoms with E-state index in [1.54, 1.807) is 13.8 Å². The molecule has 8 heteroatoms. The van der Waals surface area contributed by atoms with E-state index in [0.717, 1.165) is 24.0 Å². The normalized spacial score (nSPS) is 20.6. The largest absolute Gasteiger partial charge is 0.340 e. The van der Waals surface area contributed by atoms with E-state index in [-0.39, 0.29) is 13.2 Å². The second-order valence-electron chi connectivity index (χ2n) is 8.05. The second-order valence-corrected chi connectivity index (χ2v) is 10.1. The molecule has 178 valence electrons. The molecule has 0 saturated carbocycles. The minimum Gasteiger partial charge on any atom is -0.326 e. The monoisotopic (exact) mass is 472 g/mol. The Morgan fingerprint density at radius 2 is 1.58 bits per heavy atom. The summed E-state index contributed by atoms with van der Waals surface area (Å²) in [5, 5.41) is 3.14. The molecule has 1 fully saturated rings. The van der Waals surface area contributed by atoms with Gasteiger partial charge < -0.3 is 14.4 Å². The summed E-state index contributed by atoms with van der Waals surface area (Å²) in [5.41, 5.74) is 0.938. The summed E-state index contributed by atoms with van der Waals surface area (Å²) in [6.07, 6.45) is 1.95. The van der Waals surface area contributed by atoms with E-state index < -0.39 is 37.3 Å². The zero-order chi connectivity index (χ0) is 23.9. The van der Waals surface area contributed by atoms with E-state index >= 15 is 0 Å². The summed E-state index contributed by atoms with van der Waals surface area (Å²) in [6.45, 7) is 5.76. The first kappa shape index (κ1) is 25.2. The molecule has 1 N–H and O–H groups in total. The average Bonchev–Trinajstić information content (AvgIpc) is 3.12. The van der Waals surface area contributed by atoms with Gasteiger partial charge in [0, 0.05) is 0 Å². The van der Waals surface area contributed by atoms with Crippen LogP contribution < -0.4 is 5.32 Å². The zero-order valence-electron chi connectivity index (χ0n) is 19.5. The highest BCUT2D eigenvalue weighted by atomic mass is 31.2. The fourth-order valence-electron chi connectivity index (χ4n) is 4.51. The summed E-state index contributed by atoms with van der Waals surface area (Å²) in [5.74, 6) is -0.583. The van der Waals surface area contributed by atoms with E-state index in [9.17, 15) is 14.2 Å². The van der Waals surface area contributed by atoms with Gasteiger partial charge in [-0.15, -0.1) is 0 Å². The first-order chi connectivity index (χ1) is 15.9. The second kappa shape index (κ2) is 11.1. The van der Waals surface area contributed by atoms with Gasteiger partial charge in [0.1, 0.15) is 6.16 Å². The van der Waals surface area contributed by atoms with Crippen LogP contribution in [-0.2, 0) is 23.9 Å². The van der Waals surface area contributed by atoms with Crippen LogP contribution in [0.15, 0.2) is 60.7 Å². The molecule has 1 saturated heterocycles. The van der Waals surface area contributed by atoms with Gasteiger partial charge in [-0.3, -0.25) is 14.3 Å². The molecular weight excluding hydrogens is 439 g/mol. The molecule has 0 bridgehead atoms. The zero-order valence-corrected chi connectivity index (χ0v) is 20.4. The molecule has 0 spiro atoms. The van der Waals surface area contributed by atoms with Gasteiger partial charge in [-0.2, -0.15) is 0 Å². The van der Waals surface area contributed by atoms with Crippen LogP contribution >= 0.6 is 7.60 Å². The number of nitrogens with zero attached hydrogens (tertiary/aromatic N) is 1. The Labute approximate surface area is 196 Å². The number of hydrogen-bond acceptors (Lipinski definition) is 5. The molecular formula is C25H33N2O5P. The minimum atomic E-state index is -3.68. The number of hydrogen-bond donors (Lipinski definition) is 1. The minimum absolute atomic E-state index is 0.142. The Hall–Kier alpha value is -2.47. The molecule has 3 rings (SSSR count). The van der Waals surface area contributed by atoms with Crippen molar-refractivity contribution in [2.75, 3.05) is 19.4 Å². The smallest absolute Gasteiger partial charge is 0.326 e. The highest BCUT2D eigenvalue weighted by Crippen LogP contribution is 2.51. The van der Waals surface area contributed by atoms with Crippen molar-refractivity contribution in [1.82, 2.24) is 10.2 Å². The van der Waals surface area contributed by atoms with Gasteiger partial charge >= 0.3 is 13.6 Å². The first-order valence-corrected chi connectivity index (χ1v) is 13.3. The molecule has 3 amide bonds. The summed E-state index contributed by atoms with van der Waals surface area (Å²) >= 11 is 0. The van der Waals surface area contributed by atoms with Crippen molar-refractivity contribution in [3.63, 3.8) is 0 Å². The first-order valence-electron chi connectivity index (χ1n) is 11.5. The van der Waals surface area contributed by atoms with E-state index in [1.165, 1.54) is 4.90 Å². The summed E-state index contributed by atoms with van der Waals surface area (Å²) in [4.78, 5) is 28.1. The van der Waals surface area contributed by atoms with Crippen LogP contribution in [0.5, 0.6) is 0 Å². The van der Waals surface area contributed by atoms with Gasteiger partial charge in [0.2, 0.25) is 5.91 Å². The molecule has 2 aromatic rings. The topological polar surface area (TPSA) is 84.9 Å². The average molecular weight is 473 g/mol. The fourth-order valence-corrected chi connectivity index (χ4v) is 6.04. The lowest BCUT2D eigenvalue weighted by Gasteiger charge is -2.37. The van der Waals surface area contributed by atoms with Crippen LogP contribution in [0.3, 0.4) is 0 Å². The predicted molar refractivity (Wildman–Crippen MR) is 128 cm³/mol. The van der Waals surface area contributed by atoms with Crippen LogP contribution in [0.25, 0.3) is 0 Å².